The molecule has 0 saturated carbocycles. The van der Waals surface area contributed by atoms with Gasteiger partial charge in [0.2, 0.25) is 5.91 Å². The molecule has 0 aliphatic rings. The Morgan fingerprint density at radius 1 is 1.10 bits per heavy atom. The summed E-state index contributed by atoms with van der Waals surface area (Å²) in [5.41, 5.74) is -0.481. The number of non-ortho nitro benzene ring substituents is 1. The number of amides is 2. The zero-order valence-corrected chi connectivity index (χ0v) is 16.8. The van der Waals surface area contributed by atoms with Crippen LogP contribution in [0.2, 0.25) is 0 Å². The molecule has 0 heterocycles. The van der Waals surface area contributed by atoms with Gasteiger partial charge in [0.25, 0.3) is 5.69 Å². The van der Waals surface area contributed by atoms with E-state index in [1.807, 2.05) is 0 Å². The average molecular weight is 421 g/mol. The van der Waals surface area contributed by atoms with Crippen molar-refractivity contribution in [2.24, 2.45) is 0 Å². The summed E-state index contributed by atoms with van der Waals surface area (Å²) < 4.78 is 18.8. The van der Waals surface area contributed by atoms with Crippen molar-refractivity contribution in [1.29, 1.82) is 0 Å². The highest BCUT2D eigenvalue weighted by Gasteiger charge is 2.18. The predicted octanol–water partition coefficient (Wildman–Crippen LogP) is 4.81. The quantitative estimate of drug-likeness (QED) is 0.393. The van der Waals surface area contributed by atoms with Gasteiger partial charge in [0, 0.05) is 17.0 Å². The van der Waals surface area contributed by atoms with Crippen molar-refractivity contribution in [2.75, 3.05) is 16.4 Å². The van der Waals surface area contributed by atoms with Gasteiger partial charge >= 0.3 is 6.09 Å². The average Bonchev–Trinajstić information content (AvgIpc) is 2.61. The molecule has 2 aromatic carbocycles. The second-order valence-corrected chi connectivity index (χ2v) is 7.95. The summed E-state index contributed by atoms with van der Waals surface area (Å²) in [4.78, 5) is 35.0. The summed E-state index contributed by atoms with van der Waals surface area (Å²) >= 11 is 1.16. The van der Waals surface area contributed by atoms with Crippen LogP contribution >= 0.6 is 11.8 Å². The molecule has 8 nitrogen and oxygen atoms in total. The number of benzene rings is 2. The number of hydrogen-bond donors (Lipinski definition) is 2. The number of nitrogens with zero attached hydrogens (tertiary/aromatic N) is 1. The fourth-order valence-corrected chi connectivity index (χ4v) is 2.84. The molecule has 0 fully saturated rings. The van der Waals surface area contributed by atoms with Gasteiger partial charge in [0.1, 0.15) is 11.4 Å². The number of rotatable bonds is 6. The third kappa shape index (κ3) is 7.41. The highest BCUT2D eigenvalue weighted by atomic mass is 32.2. The Kier molecular flexibility index (Phi) is 7.16. The molecular formula is C19H20FN3O5S. The van der Waals surface area contributed by atoms with Gasteiger partial charge in [-0.1, -0.05) is 0 Å². The second-order valence-electron chi connectivity index (χ2n) is 6.90. The van der Waals surface area contributed by atoms with Crippen LogP contribution in [0.1, 0.15) is 20.8 Å². The maximum absolute atomic E-state index is 13.6. The molecular weight excluding hydrogens is 401 g/mol. The van der Waals surface area contributed by atoms with E-state index in [2.05, 4.69) is 10.6 Å². The van der Waals surface area contributed by atoms with Gasteiger partial charge in [-0.15, -0.1) is 11.8 Å². The zero-order valence-electron chi connectivity index (χ0n) is 16.0. The van der Waals surface area contributed by atoms with E-state index in [1.165, 1.54) is 30.3 Å². The van der Waals surface area contributed by atoms with Crippen LogP contribution in [0, 0.1) is 15.9 Å². The van der Waals surface area contributed by atoms with Crippen LogP contribution in [0.25, 0.3) is 0 Å². The molecule has 154 valence electrons. The number of halogens is 1. The molecule has 29 heavy (non-hydrogen) atoms. The van der Waals surface area contributed by atoms with Gasteiger partial charge in [-0.3, -0.25) is 20.2 Å². The van der Waals surface area contributed by atoms with E-state index in [-0.39, 0.29) is 22.8 Å². The number of nitrogens with one attached hydrogen (secondary N) is 2. The van der Waals surface area contributed by atoms with Crippen LogP contribution in [0.15, 0.2) is 47.4 Å². The highest BCUT2D eigenvalue weighted by molar-refractivity contribution is 8.00. The lowest BCUT2D eigenvalue weighted by atomic mass is 10.2. The first-order chi connectivity index (χ1) is 13.5. The molecule has 2 rings (SSSR count). The molecule has 2 amide bonds. The van der Waals surface area contributed by atoms with E-state index < -0.39 is 28.3 Å². The van der Waals surface area contributed by atoms with Crippen molar-refractivity contribution in [1.82, 2.24) is 0 Å². The number of anilines is 2. The number of carbonyl (C=O) groups is 2. The molecule has 0 bridgehead atoms. The standard InChI is InChI=1S/C19H20FN3O5S/c1-19(2,3)28-18(25)22-15-9-4-12(20)10-16(15)21-17(24)11-29-14-7-5-13(6-8-14)23(26)27/h4-10H,11H2,1-3H3,(H,21,24)(H,22,25). The summed E-state index contributed by atoms with van der Waals surface area (Å²) in [5, 5.41) is 15.7. The topological polar surface area (TPSA) is 111 Å². The van der Waals surface area contributed by atoms with Crippen molar-refractivity contribution in [3.05, 3.63) is 58.4 Å². The normalized spacial score (nSPS) is 10.9. The van der Waals surface area contributed by atoms with Crippen molar-refractivity contribution in [3.8, 4) is 0 Å². The first-order valence-corrected chi connectivity index (χ1v) is 9.49. The molecule has 2 N–H and O–H groups in total. The summed E-state index contributed by atoms with van der Waals surface area (Å²) in [6.45, 7) is 5.11. The fraction of sp³-hybridized carbons (Fsp3) is 0.263. The van der Waals surface area contributed by atoms with E-state index in [1.54, 1.807) is 20.8 Å². The van der Waals surface area contributed by atoms with Crippen molar-refractivity contribution in [3.63, 3.8) is 0 Å². The maximum Gasteiger partial charge on any atom is 0.412 e. The van der Waals surface area contributed by atoms with Crippen LogP contribution in [0.3, 0.4) is 0 Å². The van der Waals surface area contributed by atoms with Crippen molar-refractivity contribution >= 4 is 40.8 Å². The lowest BCUT2D eigenvalue weighted by molar-refractivity contribution is -0.384. The molecule has 0 unspecified atom stereocenters. The molecule has 2 aromatic rings. The first kappa shape index (κ1) is 22.2. The molecule has 0 aliphatic heterocycles. The lowest BCUT2D eigenvalue weighted by Gasteiger charge is -2.20. The van der Waals surface area contributed by atoms with Gasteiger partial charge < -0.3 is 10.1 Å². The van der Waals surface area contributed by atoms with Crippen LogP contribution in [-0.2, 0) is 9.53 Å². The Hall–Kier alpha value is -3.14. The smallest absolute Gasteiger partial charge is 0.412 e. The van der Waals surface area contributed by atoms with Crippen LogP contribution < -0.4 is 10.6 Å². The molecule has 10 heteroatoms. The van der Waals surface area contributed by atoms with E-state index in [9.17, 15) is 24.1 Å². The highest BCUT2D eigenvalue weighted by Crippen LogP contribution is 2.25. The van der Waals surface area contributed by atoms with Gasteiger partial charge in [-0.2, -0.15) is 0 Å². The monoisotopic (exact) mass is 421 g/mol. The molecule has 0 atom stereocenters. The first-order valence-electron chi connectivity index (χ1n) is 8.50. The fourth-order valence-electron chi connectivity index (χ4n) is 2.14. The Morgan fingerprint density at radius 3 is 2.34 bits per heavy atom. The van der Waals surface area contributed by atoms with E-state index in [4.69, 9.17) is 4.74 Å². The van der Waals surface area contributed by atoms with Crippen molar-refractivity contribution in [2.45, 2.75) is 31.3 Å². The van der Waals surface area contributed by atoms with E-state index >= 15 is 0 Å². The lowest BCUT2D eigenvalue weighted by Crippen LogP contribution is -2.27. The molecule has 0 spiro atoms. The Balaban J connectivity index is 2.00. The third-order valence-electron chi connectivity index (χ3n) is 3.31. The summed E-state index contributed by atoms with van der Waals surface area (Å²) in [7, 11) is 0. The van der Waals surface area contributed by atoms with Crippen LogP contribution in [-0.4, -0.2) is 28.3 Å². The Bertz CT molecular complexity index is 913. The number of ether oxygens (including phenoxy) is 1. The predicted molar refractivity (Wildman–Crippen MR) is 109 cm³/mol. The van der Waals surface area contributed by atoms with Gasteiger partial charge in [0.05, 0.1) is 22.1 Å². The minimum absolute atomic E-state index is 0.0137. The Labute approximate surface area is 171 Å². The number of thioether (sulfide) groups is 1. The van der Waals surface area contributed by atoms with E-state index in [0.717, 1.165) is 23.9 Å². The van der Waals surface area contributed by atoms with Gasteiger partial charge in [-0.25, -0.2) is 9.18 Å². The summed E-state index contributed by atoms with van der Waals surface area (Å²) in [6, 6.07) is 9.31. The second kappa shape index (κ2) is 9.37. The minimum Gasteiger partial charge on any atom is -0.444 e. The number of nitro benzene ring substituents is 1. The van der Waals surface area contributed by atoms with Gasteiger partial charge in [0.15, 0.2) is 0 Å². The van der Waals surface area contributed by atoms with Crippen LogP contribution in [0.4, 0.5) is 26.2 Å². The zero-order chi connectivity index (χ0) is 21.6. The maximum atomic E-state index is 13.6. The van der Waals surface area contributed by atoms with Crippen LogP contribution in [0.5, 0.6) is 0 Å². The summed E-state index contributed by atoms with van der Waals surface area (Å²) in [6.07, 6.45) is -0.736. The van der Waals surface area contributed by atoms with Gasteiger partial charge in [-0.05, 0) is 51.1 Å². The van der Waals surface area contributed by atoms with E-state index in [0.29, 0.717) is 4.90 Å². The number of carbonyl (C=O) groups excluding carboxylic acids is 2. The summed E-state index contributed by atoms with van der Waals surface area (Å²) in [5.74, 6) is -1.04. The Morgan fingerprint density at radius 2 is 1.76 bits per heavy atom. The minimum atomic E-state index is -0.736. The molecule has 0 radical (unpaired) electrons. The van der Waals surface area contributed by atoms with Crippen molar-refractivity contribution < 1.29 is 23.6 Å². The SMILES string of the molecule is CC(C)(C)OC(=O)Nc1ccc(F)cc1NC(=O)CSc1ccc([N+](=O)[O-])cc1. The number of hydrogen-bond acceptors (Lipinski definition) is 6. The largest absolute Gasteiger partial charge is 0.444 e. The molecule has 0 aliphatic carbocycles. The molecule has 0 aromatic heterocycles. The number of nitro groups is 1. The molecule has 0 saturated heterocycles. The third-order valence-corrected chi connectivity index (χ3v) is 4.32.